The Kier molecular flexibility index (Phi) is 9.99. The first kappa shape index (κ1) is 26.6. The maximum absolute atomic E-state index is 13.5. The van der Waals surface area contributed by atoms with Crippen LogP contribution in [0.25, 0.3) is 0 Å². The lowest BCUT2D eigenvalue weighted by atomic mass is 10.0. The Hall–Kier alpha value is -3.03. The van der Waals surface area contributed by atoms with E-state index in [9.17, 15) is 9.59 Å². The molecule has 0 aliphatic rings. The van der Waals surface area contributed by atoms with Gasteiger partial charge in [0.15, 0.2) is 6.61 Å². The molecule has 0 saturated carbocycles. The highest BCUT2D eigenvalue weighted by molar-refractivity contribution is 9.10. The number of benzene rings is 3. The lowest BCUT2D eigenvalue weighted by Crippen LogP contribution is -2.51. The molecule has 184 valence electrons. The van der Waals surface area contributed by atoms with Gasteiger partial charge in [-0.15, -0.1) is 0 Å². The van der Waals surface area contributed by atoms with Crippen molar-refractivity contribution in [3.05, 3.63) is 93.4 Å². The van der Waals surface area contributed by atoms with Gasteiger partial charge in [0.05, 0.1) is 11.6 Å². The van der Waals surface area contributed by atoms with Gasteiger partial charge in [0, 0.05) is 24.5 Å². The molecule has 3 aromatic rings. The third-order valence-electron chi connectivity index (χ3n) is 5.35. The number of rotatable bonds is 11. The summed E-state index contributed by atoms with van der Waals surface area (Å²) < 4.78 is 11.8. The molecule has 0 aliphatic heterocycles. The van der Waals surface area contributed by atoms with Crippen LogP contribution in [0.4, 0.5) is 0 Å². The van der Waals surface area contributed by atoms with Crippen molar-refractivity contribution in [1.29, 1.82) is 0 Å². The second kappa shape index (κ2) is 13.2. The number of carbonyl (C=O) groups excluding carboxylic acids is 2. The molecule has 0 spiro atoms. The van der Waals surface area contributed by atoms with Crippen molar-refractivity contribution in [2.24, 2.45) is 0 Å². The van der Waals surface area contributed by atoms with Gasteiger partial charge in [-0.1, -0.05) is 54.1 Å². The Morgan fingerprint density at radius 3 is 2.46 bits per heavy atom. The maximum Gasteiger partial charge on any atom is 0.261 e. The van der Waals surface area contributed by atoms with Gasteiger partial charge < -0.3 is 19.7 Å². The van der Waals surface area contributed by atoms with Crippen LogP contribution < -0.4 is 14.8 Å². The van der Waals surface area contributed by atoms with Crippen LogP contribution in [0.1, 0.15) is 18.1 Å². The Morgan fingerprint density at radius 1 is 1.03 bits per heavy atom. The van der Waals surface area contributed by atoms with Crippen LogP contribution in [-0.4, -0.2) is 43.0 Å². The zero-order valence-corrected chi connectivity index (χ0v) is 22.0. The summed E-state index contributed by atoms with van der Waals surface area (Å²) in [6.07, 6.45) is 0.368. The van der Waals surface area contributed by atoms with Crippen molar-refractivity contribution in [3.8, 4) is 11.5 Å². The minimum atomic E-state index is -0.728. The van der Waals surface area contributed by atoms with Crippen molar-refractivity contribution >= 4 is 39.3 Å². The van der Waals surface area contributed by atoms with Gasteiger partial charge >= 0.3 is 0 Å². The van der Waals surface area contributed by atoms with E-state index in [-0.39, 0.29) is 25.0 Å². The van der Waals surface area contributed by atoms with Crippen molar-refractivity contribution in [3.63, 3.8) is 0 Å². The summed E-state index contributed by atoms with van der Waals surface area (Å²) in [6.45, 7) is 2.29. The predicted molar refractivity (Wildman–Crippen MR) is 141 cm³/mol. The summed E-state index contributed by atoms with van der Waals surface area (Å²) in [5, 5.41) is 3.43. The molecule has 1 unspecified atom stereocenters. The molecule has 0 bridgehead atoms. The van der Waals surface area contributed by atoms with Crippen molar-refractivity contribution in [2.75, 3.05) is 20.3 Å². The molecular formula is C27H28BrClN2O4. The summed E-state index contributed by atoms with van der Waals surface area (Å²) in [5.74, 6) is 0.623. The van der Waals surface area contributed by atoms with Crippen LogP contribution >= 0.6 is 27.5 Å². The average Bonchev–Trinajstić information content (AvgIpc) is 2.86. The van der Waals surface area contributed by atoms with E-state index in [0.717, 1.165) is 11.1 Å². The van der Waals surface area contributed by atoms with E-state index in [1.165, 1.54) is 0 Å². The van der Waals surface area contributed by atoms with Gasteiger partial charge in [0.1, 0.15) is 17.5 Å². The molecule has 35 heavy (non-hydrogen) atoms. The first-order chi connectivity index (χ1) is 16.9. The van der Waals surface area contributed by atoms with E-state index in [1.54, 1.807) is 30.2 Å². The highest BCUT2D eigenvalue weighted by Crippen LogP contribution is 2.28. The lowest BCUT2D eigenvalue weighted by Gasteiger charge is -2.31. The number of methoxy groups -OCH3 is 1. The average molecular weight is 560 g/mol. The zero-order chi connectivity index (χ0) is 25.2. The first-order valence-corrected chi connectivity index (χ1v) is 12.4. The molecule has 0 aromatic heterocycles. The summed E-state index contributed by atoms with van der Waals surface area (Å²) >= 11 is 9.42. The Balaban J connectivity index is 1.91. The standard InChI is InChI=1S/C27H28BrClN2O4/c1-3-30-27(33)24(15-19-8-5-4-6-9-19)31(17-20-10-7-11-22(14-20)34-2)26(32)18-35-25-13-12-21(29)16-23(25)28/h4-14,16,24H,3,15,17-18H2,1-2H3,(H,30,33). The second-order valence-electron chi connectivity index (χ2n) is 7.84. The molecule has 1 atom stereocenters. The smallest absolute Gasteiger partial charge is 0.261 e. The number of hydrogen-bond acceptors (Lipinski definition) is 4. The molecule has 0 heterocycles. The number of likely N-dealkylation sites (N-methyl/N-ethyl adjacent to an activating group) is 1. The number of nitrogens with zero attached hydrogens (tertiary/aromatic N) is 1. The molecular weight excluding hydrogens is 532 g/mol. The monoisotopic (exact) mass is 558 g/mol. The molecule has 0 saturated heterocycles. The van der Waals surface area contributed by atoms with E-state index in [0.29, 0.717) is 34.0 Å². The second-order valence-corrected chi connectivity index (χ2v) is 9.13. The number of ether oxygens (including phenoxy) is 2. The van der Waals surface area contributed by atoms with E-state index in [2.05, 4.69) is 21.2 Å². The van der Waals surface area contributed by atoms with Crippen molar-refractivity contribution < 1.29 is 19.1 Å². The molecule has 0 aliphatic carbocycles. The molecule has 1 N–H and O–H groups in total. The Labute approximate surface area is 219 Å². The summed E-state index contributed by atoms with van der Waals surface area (Å²) in [6, 6.07) is 21.4. The van der Waals surface area contributed by atoms with E-state index < -0.39 is 6.04 Å². The van der Waals surface area contributed by atoms with E-state index in [4.69, 9.17) is 21.1 Å². The van der Waals surface area contributed by atoms with Crippen LogP contribution in [0.15, 0.2) is 77.3 Å². The fourth-order valence-electron chi connectivity index (χ4n) is 3.63. The minimum Gasteiger partial charge on any atom is -0.497 e. The highest BCUT2D eigenvalue weighted by atomic mass is 79.9. The zero-order valence-electron chi connectivity index (χ0n) is 19.7. The van der Waals surface area contributed by atoms with Crippen LogP contribution in [0.3, 0.4) is 0 Å². The summed E-state index contributed by atoms with van der Waals surface area (Å²) in [7, 11) is 1.59. The molecule has 2 amide bonds. The third-order valence-corrected chi connectivity index (χ3v) is 6.21. The van der Waals surface area contributed by atoms with E-state index in [1.807, 2.05) is 61.5 Å². The normalized spacial score (nSPS) is 11.4. The maximum atomic E-state index is 13.5. The van der Waals surface area contributed by atoms with Crippen molar-refractivity contribution in [2.45, 2.75) is 25.9 Å². The third kappa shape index (κ3) is 7.73. The van der Waals surface area contributed by atoms with Gasteiger partial charge in [-0.25, -0.2) is 0 Å². The van der Waals surface area contributed by atoms with Crippen LogP contribution in [0.5, 0.6) is 11.5 Å². The Morgan fingerprint density at radius 2 is 1.77 bits per heavy atom. The number of amides is 2. The van der Waals surface area contributed by atoms with E-state index >= 15 is 0 Å². The quantitative estimate of drug-likeness (QED) is 0.348. The predicted octanol–water partition coefficient (Wildman–Crippen LogP) is 5.27. The number of hydrogen-bond donors (Lipinski definition) is 1. The van der Waals surface area contributed by atoms with Crippen LogP contribution in [0, 0.1) is 0 Å². The van der Waals surface area contributed by atoms with Gasteiger partial charge in [-0.3, -0.25) is 9.59 Å². The topological polar surface area (TPSA) is 67.9 Å². The molecule has 3 rings (SSSR count). The minimum absolute atomic E-state index is 0.218. The van der Waals surface area contributed by atoms with Gasteiger partial charge in [0.25, 0.3) is 5.91 Å². The fraction of sp³-hybridized carbons (Fsp3) is 0.259. The SMILES string of the molecule is CCNC(=O)C(Cc1ccccc1)N(Cc1cccc(OC)c1)C(=O)COc1ccc(Cl)cc1Br. The van der Waals surface area contributed by atoms with Crippen LogP contribution in [0.2, 0.25) is 5.02 Å². The van der Waals surface area contributed by atoms with Gasteiger partial charge in [-0.05, 0) is 64.3 Å². The number of carbonyl (C=O) groups is 2. The lowest BCUT2D eigenvalue weighted by molar-refractivity contribution is -0.142. The number of halogens is 2. The summed E-state index contributed by atoms with van der Waals surface area (Å²) in [5.41, 5.74) is 1.79. The molecule has 3 aromatic carbocycles. The molecule has 0 fully saturated rings. The fourth-order valence-corrected chi connectivity index (χ4v) is 4.43. The molecule has 0 radical (unpaired) electrons. The summed E-state index contributed by atoms with van der Waals surface area (Å²) in [4.78, 5) is 28.3. The largest absolute Gasteiger partial charge is 0.497 e. The Bertz CT molecular complexity index is 1140. The molecule has 8 heteroatoms. The molecule has 6 nitrogen and oxygen atoms in total. The highest BCUT2D eigenvalue weighted by Gasteiger charge is 2.30. The van der Waals surface area contributed by atoms with Gasteiger partial charge in [0.2, 0.25) is 5.91 Å². The van der Waals surface area contributed by atoms with Crippen molar-refractivity contribution in [1.82, 2.24) is 10.2 Å². The van der Waals surface area contributed by atoms with Crippen LogP contribution in [-0.2, 0) is 22.6 Å². The number of nitrogens with one attached hydrogen (secondary N) is 1. The first-order valence-electron chi connectivity index (χ1n) is 11.2. The van der Waals surface area contributed by atoms with Gasteiger partial charge in [-0.2, -0.15) is 0 Å².